The summed E-state index contributed by atoms with van der Waals surface area (Å²) in [6.07, 6.45) is 2.68. The van der Waals surface area contributed by atoms with Gasteiger partial charge < -0.3 is 20.5 Å². The summed E-state index contributed by atoms with van der Waals surface area (Å²) in [5, 5.41) is 15.3. The lowest BCUT2D eigenvalue weighted by Gasteiger charge is -2.13. The third kappa shape index (κ3) is 6.94. The Balaban J connectivity index is 2.29. The Hall–Kier alpha value is -1.82. The van der Waals surface area contributed by atoms with Crippen LogP contribution in [0.15, 0.2) is 18.2 Å². The van der Waals surface area contributed by atoms with Crippen molar-refractivity contribution in [3.63, 3.8) is 0 Å². The molecule has 0 saturated carbocycles. The van der Waals surface area contributed by atoms with Crippen molar-refractivity contribution in [1.82, 2.24) is 5.32 Å². The highest BCUT2D eigenvalue weighted by Gasteiger charge is 2.04. The van der Waals surface area contributed by atoms with E-state index in [1.54, 1.807) is 7.11 Å². The molecule has 0 amide bonds. The number of nitrogens with one attached hydrogen (secondary N) is 2. The molecule has 1 aromatic rings. The quantitative estimate of drug-likeness (QED) is 0.506. The van der Waals surface area contributed by atoms with E-state index in [2.05, 4.69) is 10.6 Å². The maximum Gasteiger partial charge on any atom is 0.303 e. The highest BCUT2D eigenvalue weighted by atomic mass is 32.1. The number of carboxylic acid groups (broad SMARTS) is 1. The number of rotatable bonds is 8. The zero-order valence-electron chi connectivity index (χ0n) is 12.4. The molecule has 0 spiro atoms. The number of unbranched alkanes of at least 4 members (excludes halogenated alkanes) is 2. The lowest BCUT2D eigenvalue weighted by molar-refractivity contribution is -0.137. The second kappa shape index (κ2) is 9.18. The second-order valence-corrected chi connectivity index (χ2v) is 5.20. The average molecular weight is 310 g/mol. The fourth-order valence-corrected chi connectivity index (χ4v) is 2.06. The van der Waals surface area contributed by atoms with E-state index in [1.165, 1.54) is 0 Å². The number of hydrogen-bond acceptors (Lipinski definition) is 3. The predicted octanol–water partition coefficient (Wildman–Crippen LogP) is 2.94. The van der Waals surface area contributed by atoms with Crippen molar-refractivity contribution in [3.8, 4) is 5.75 Å². The van der Waals surface area contributed by atoms with E-state index in [-0.39, 0.29) is 6.42 Å². The van der Waals surface area contributed by atoms with Crippen molar-refractivity contribution in [2.24, 2.45) is 0 Å². The van der Waals surface area contributed by atoms with Gasteiger partial charge in [-0.2, -0.15) is 0 Å². The SMILES string of the molecule is COc1cc(C)ccc1NC(=S)NCCCCCC(=O)O. The molecule has 0 unspecified atom stereocenters. The van der Waals surface area contributed by atoms with Crippen molar-refractivity contribution >= 4 is 29.0 Å². The fourth-order valence-electron chi connectivity index (χ4n) is 1.85. The van der Waals surface area contributed by atoms with Crippen molar-refractivity contribution in [2.45, 2.75) is 32.6 Å². The molecule has 0 fully saturated rings. The van der Waals surface area contributed by atoms with Crippen LogP contribution >= 0.6 is 12.2 Å². The molecule has 0 aliphatic rings. The minimum absolute atomic E-state index is 0.225. The normalized spacial score (nSPS) is 10.0. The van der Waals surface area contributed by atoms with Gasteiger partial charge in [-0.05, 0) is 49.7 Å². The Labute approximate surface area is 130 Å². The molecule has 0 saturated heterocycles. The summed E-state index contributed by atoms with van der Waals surface area (Å²) < 4.78 is 5.30. The van der Waals surface area contributed by atoms with Crippen molar-refractivity contribution in [2.75, 3.05) is 19.0 Å². The van der Waals surface area contributed by atoms with Crippen LogP contribution in [0.4, 0.5) is 5.69 Å². The molecule has 0 aromatic heterocycles. The molecule has 0 bridgehead atoms. The number of benzene rings is 1. The van der Waals surface area contributed by atoms with Gasteiger partial charge in [0.1, 0.15) is 5.75 Å². The summed E-state index contributed by atoms with van der Waals surface area (Å²) in [7, 11) is 1.62. The van der Waals surface area contributed by atoms with Gasteiger partial charge in [-0.25, -0.2) is 0 Å². The Kier molecular flexibility index (Phi) is 7.53. The van der Waals surface area contributed by atoms with E-state index in [0.717, 1.165) is 36.4 Å². The third-order valence-corrected chi connectivity index (χ3v) is 3.20. The van der Waals surface area contributed by atoms with Gasteiger partial charge in [-0.15, -0.1) is 0 Å². The van der Waals surface area contributed by atoms with Crippen LogP contribution in [0.25, 0.3) is 0 Å². The fraction of sp³-hybridized carbons (Fsp3) is 0.467. The summed E-state index contributed by atoms with van der Waals surface area (Å²) in [4.78, 5) is 10.4. The molecule has 0 aliphatic heterocycles. The standard InChI is InChI=1S/C15H22N2O3S/c1-11-7-8-12(13(10-11)20-2)17-15(21)16-9-5-3-4-6-14(18)19/h7-8,10H,3-6,9H2,1-2H3,(H,18,19)(H2,16,17,21). The van der Waals surface area contributed by atoms with Crippen molar-refractivity contribution in [3.05, 3.63) is 23.8 Å². The molecule has 3 N–H and O–H groups in total. The zero-order chi connectivity index (χ0) is 15.7. The van der Waals surface area contributed by atoms with Gasteiger partial charge in [-0.1, -0.05) is 12.5 Å². The molecule has 21 heavy (non-hydrogen) atoms. The summed E-state index contributed by atoms with van der Waals surface area (Å²) in [5.74, 6) is 0.00669. The number of methoxy groups -OCH3 is 1. The first-order chi connectivity index (χ1) is 10.0. The maximum absolute atomic E-state index is 10.4. The van der Waals surface area contributed by atoms with E-state index >= 15 is 0 Å². The lowest BCUT2D eigenvalue weighted by Crippen LogP contribution is -2.29. The van der Waals surface area contributed by atoms with Crippen LogP contribution in [-0.4, -0.2) is 29.8 Å². The lowest BCUT2D eigenvalue weighted by atomic mass is 10.2. The molecule has 6 heteroatoms. The Morgan fingerprint density at radius 1 is 1.33 bits per heavy atom. The molecule has 0 radical (unpaired) electrons. The minimum Gasteiger partial charge on any atom is -0.495 e. The van der Waals surface area contributed by atoms with E-state index in [1.807, 2.05) is 25.1 Å². The van der Waals surface area contributed by atoms with Gasteiger partial charge in [0.15, 0.2) is 5.11 Å². The van der Waals surface area contributed by atoms with Gasteiger partial charge in [0.25, 0.3) is 0 Å². The summed E-state index contributed by atoms with van der Waals surface area (Å²) in [5.41, 5.74) is 1.95. The number of carboxylic acids is 1. The van der Waals surface area contributed by atoms with Gasteiger partial charge in [0.05, 0.1) is 12.8 Å². The van der Waals surface area contributed by atoms with Crippen LogP contribution in [0.5, 0.6) is 5.75 Å². The van der Waals surface area contributed by atoms with Gasteiger partial charge in [0.2, 0.25) is 0 Å². The topological polar surface area (TPSA) is 70.6 Å². The van der Waals surface area contributed by atoms with Crippen LogP contribution in [-0.2, 0) is 4.79 Å². The van der Waals surface area contributed by atoms with E-state index in [9.17, 15) is 4.79 Å². The molecular weight excluding hydrogens is 288 g/mol. The number of aliphatic carboxylic acids is 1. The summed E-state index contributed by atoms with van der Waals surface area (Å²) in [6.45, 7) is 2.72. The largest absolute Gasteiger partial charge is 0.495 e. The predicted molar refractivity (Wildman–Crippen MR) is 88.1 cm³/mol. The first-order valence-electron chi connectivity index (χ1n) is 6.94. The van der Waals surface area contributed by atoms with Crippen LogP contribution < -0.4 is 15.4 Å². The highest BCUT2D eigenvalue weighted by Crippen LogP contribution is 2.24. The van der Waals surface area contributed by atoms with Crippen LogP contribution in [0.1, 0.15) is 31.2 Å². The number of thiocarbonyl (C=S) groups is 1. The molecule has 1 aromatic carbocycles. The minimum atomic E-state index is -0.744. The monoisotopic (exact) mass is 310 g/mol. The third-order valence-electron chi connectivity index (χ3n) is 2.96. The molecule has 1 rings (SSSR count). The Bertz CT molecular complexity index is 492. The van der Waals surface area contributed by atoms with Crippen molar-refractivity contribution in [1.29, 1.82) is 0 Å². The van der Waals surface area contributed by atoms with Gasteiger partial charge in [0, 0.05) is 13.0 Å². The zero-order valence-corrected chi connectivity index (χ0v) is 13.3. The summed E-state index contributed by atoms with van der Waals surface area (Å²) in [6, 6.07) is 5.85. The first kappa shape index (κ1) is 17.2. The van der Waals surface area contributed by atoms with Crippen molar-refractivity contribution < 1.29 is 14.6 Å². The second-order valence-electron chi connectivity index (χ2n) is 4.79. The Morgan fingerprint density at radius 2 is 2.10 bits per heavy atom. The average Bonchev–Trinajstić information content (AvgIpc) is 2.44. The van der Waals surface area contributed by atoms with E-state index in [4.69, 9.17) is 22.1 Å². The highest BCUT2D eigenvalue weighted by molar-refractivity contribution is 7.80. The number of ether oxygens (including phenoxy) is 1. The summed E-state index contributed by atoms with van der Waals surface area (Å²) >= 11 is 5.22. The molecule has 116 valence electrons. The Morgan fingerprint density at radius 3 is 2.76 bits per heavy atom. The number of aryl methyl sites for hydroxylation is 1. The smallest absolute Gasteiger partial charge is 0.303 e. The van der Waals surface area contributed by atoms with Gasteiger partial charge >= 0.3 is 5.97 Å². The number of anilines is 1. The number of carbonyl (C=O) groups is 1. The molecule has 0 heterocycles. The molecular formula is C15H22N2O3S. The van der Waals surface area contributed by atoms with E-state index < -0.39 is 5.97 Å². The van der Waals surface area contributed by atoms with E-state index in [0.29, 0.717) is 11.5 Å². The maximum atomic E-state index is 10.4. The molecule has 5 nitrogen and oxygen atoms in total. The molecule has 0 atom stereocenters. The van der Waals surface area contributed by atoms with Gasteiger partial charge in [-0.3, -0.25) is 4.79 Å². The number of hydrogen-bond donors (Lipinski definition) is 3. The van der Waals surface area contributed by atoms with Crippen LogP contribution in [0, 0.1) is 6.92 Å². The van der Waals surface area contributed by atoms with Crippen LogP contribution in [0.2, 0.25) is 0 Å². The molecule has 0 aliphatic carbocycles. The van der Waals surface area contributed by atoms with Crippen LogP contribution in [0.3, 0.4) is 0 Å². The first-order valence-corrected chi connectivity index (χ1v) is 7.35.